The molecule has 1 aromatic carbocycles. The summed E-state index contributed by atoms with van der Waals surface area (Å²) in [6, 6.07) is 11.8. The number of thiophene rings is 1. The first-order valence-electron chi connectivity index (χ1n) is 10.1. The summed E-state index contributed by atoms with van der Waals surface area (Å²) in [5, 5.41) is 17.1. The average molecular weight is 568 g/mol. The van der Waals surface area contributed by atoms with E-state index in [-0.39, 0.29) is 29.9 Å². The van der Waals surface area contributed by atoms with Gasteiger partial charge in [-0.05, 0) is 42.5 Å². The molecule has 0 radical (unpaired) electrons. The quantitative estimate of drug-likeness (QED) is 0.248. The van der Waals surface area contributed by atoms with Crippen LogP contribution in [-0.2, 0) is 26.6 Å². The summed E-state index contributed by atoms with van der Waals surface area (Å²) in [6.07, 6.45) is 0.933. The molecule has 3 aromatic rings. The first kappa shape index (κ1) is 25.8. The van der Waals surface area contributed by atoms with Gasteiger partial charge in [0.2, 0.25) is 0 Å². The number of hydrogen-bond donors (Lipinski definition) is 2. The van der Waals surface area contributed by atoms with Gasteiger partial charge < -0.3 is 20.1 Å². The normalized spacial score (nSPS) is 11.1. The summed E-state index contributed by atoms with van der Waals surface area (Å²) in [6.45, 7) is 3.73. The first-order valence-corrected chi connectivity index (χ1v) is 11.0. The molecule has 0 saturated heterocycles. The van der Waals surface area contributed by atoms with Crippen molar-refractivity contribution in [3.8, 4) is 0 Å². The molecule has 2 N–H and O–H groups in total. The second-order valence-electron chi connectivity index (χ2n) is 7.39. The summed E-state index contributed by atoms with van der Waals surface area (Å²) in [4.78, 5) is 19.7. The van der Waals surface area contributed by atoms with Crippen molar-refractivity contribution in [3.63, 3.8) is 0 Å². The van der Waals surface area contributed by atoms with Crippen LogP contribution < -0.4 is 10.6 Å². The molecule has 2 heterocycles. The van der Waals surface area contributed by atoms with E-state index in [0.717, 1.165) is 30.2 Å². The van der Waals surface area contributed by atoms with Crippen molar-refractivity contribution < 1.29 is 4.79 Å². The molecule has 0 atom stereocenters. The summed E-state index contributed by atoms with van der Waals surface area (Å²) >= 11 is 1.75. The van der Waals surface area contributed by atoms with E-state index in [1.807, 2.05) is 42.8 Å². The van der Waals surface area contributed by atoms with Gasteiger partial charge in [-0.3, -0.25) is 4.79 Å². The molecule has 0 fully saturated rings. The van der Waals surface area contributed by atoms with E-state index >= 15 is 0 Å². The minimum atomic E-state index is -0.00776. The van der Waals surface area contributed by atoms with Crippen LogP contribution in [0.25, 0.3) is 0 Å². The van der Waals surface area contributed by atoms with Gasteiger partial charge in [0.15, 0.2) is 11.8 Å². The molecular formula is C22H30IN7OS. The first-order chi connectivity index (χ1) is 14.9. The highest BCUT2D eigenvalue weighted by atomic mass is 127. The average Bonchev–Trinajstić information content (AvgIpc) is 3.40. The highest BCUT2D eigenvalue weighted by Gasteiger charge is 2.08. The third-order valence-electron chi connectivity index (χ3n) is 4.87. The molecule has 2 aromatic heterocycles. The standard InChI is InChI=1S/C22H29N7OS.HI/c1-16-26-27-20(29(16)4)15-25-22(23-12-11-19-6-5-13-31-19)24-14-17-7-9-18(10-8-17)21(30)28(2)3;/h5-10,13H,11-12,14-15H2,1-4H3,(H2,23,24,25);1H. The van der Waals surface area contributed by atoms with Gasteiger partial charge in [0, 0.05) is 38.1 Å². The zero-order valence-electron chi connectivity index (χ0n) is 18.8. The van der Waals surface area contributed by atoms with Crippen LogP contribution in [0.1, 0.15) is 32.4 Å². The number of hydrogen-bond acceptors (Lipinski definition) is 5. The van der Waals surface area contributed by atoms with E-state index in [9.17, 15) is 4.79 Å². The van der Waals surface area contributed by atoms with E-state index in [1.165, 1.54) is 4.88 Å². The van der Waals surface area contributed by atoms with Gasteiger partial charge in [0.1, 0.15) is 5.82 Å². The van der Waals surface area contributed by atoms with Crippen molar-refractivity contribution in [3.05, 3.63) is 69.4 Å². The maximum atomic E-state index is 12.1. The van der Waals surface area contributed by atoms with Crippen molar-refractivity contribution in [1.82, 2.24) is 30.3 Å². The van der Waals surface area contributed by atoms with Gasteiger partial charge in [-0.1, -0.05) is 18.2 Å². The highest BCUT2D eigenvalue weighted by molar-refractivity contribution is 14.0. The smallest absolute Gasteiger partial charge is 0.253 e. The second-order valence-corrected chi connectivity index (χ2v) is 8.43. The van der Waals surface area contributed by atoms with Gasteiger partial charge in [-0.25, -0.2) is 4.99 Å². The molecule has 32 heavy (non-hydrogen) atoms. The maximum Gasteiger partial charge on any atom is 0.253 e. The number of nitrogens with one attached hydrogen (secondary N) is 2. The van der Waals surface area contributed by atoms with Gasteiger partial charge in [-0.2, -0.15) is 0 Å². The van der Waals surface area contributed by atoms with Crippen LogP contribution in [0, 0.1) is 6.92 Å². The van der Waals surface area contributed by atoms with Crippen molar-refractivity contribution >= 4 is 47.2 Å². The zero-order chi connectivity index (χ0) is 22.2. The summed E-state index contributed by atoms with van der Waals surface area (Å²) < 4.78 is 1.96. The predicted molar refractivity (Wildman–Crippen MR) is 140 cm³/mol. The number of halogens is 1. The number of amides is 1. The van der Waals surface area contributed by atoms with Crippen LogP contribution >= 0.6 is 35.3 Å². The number of benzene rings is 1. The number of carbonyl (C=O) groups is 1. The van der Waals surface area contributed by atoms with Crippen LogP contribution in [-0.4, -0.2) is 52.2 Å². The monoisotopic (exact) mass is 567 g/mol. The third kappa shape index (κ3) is 7.30. The molecule has 3 rings (SSSR count). The Balaban J connectivity index is 0.00000363. The fraction of sp³-hybridized carbons (Fsp3) is 0.364. The van der Waals surface area contributed by atoms with E-state index in [4.69, 9.17) is 4.99 Å². The van der Waals surface area contributed by atoms with E-state index in [1.54, 1.807) is 30.3 Å². The number of aliphatic imine (C=N–C) groups is 1. The summed E-state index contributed by atoms with van der Waals surface area (Å²) in [5.74, 6) is 2.42. The van der Waals surface area contributed by atoms with Gasteiger partial charge in [0.05, 0.1) is 13.1 Å². The Morgan fingerprint density at radius 1 is 1.16 bits per heavy atom. The molecular weight excluding hydrogens is 537 g/mol. The molecule has 10 heteroatoms. The number of carbonyl (C=O) groups excluding carboxylic acids is 1. The Morgan fingerprint density at radius 2 is 1.91 bits per heavy atom. The Bertz CT molecular complexity index is 1010. The summed E-state index contributed by atoms with van der Waals surface area (Å²) in [5.41, 5.74) is 1.70. The molecule has 0 saturated carbocycles. The van der Waals surface area contributed by atoms with Crippen molar-refractivity contribution in [2.24, 2.45) is 12.0 Å². The van der Waals surface area contributed by atoms with Crippen LogP contribution in [0.2, 0.25) is 0 Å². The van der Waals surface area contributed by atoms with Gasteiger partial charge >= 0.3 is 0 Å². The lowest BCUT2D eigenvalue weighted by Crippen LogP contribution is -2.38. The summed E-state index contributed by atoms with van der Waals surface area (Å²) in [7, 11) is 5.45. The van der Waals surface area contributed by atoms with Crippen LogP contribution in [0.3, 0.4) is 0 Å². The topological polar surface area (TPSA) is 87.4 Å². The molecule has 8 nitrogen and oxygen atoms in total. The SMILES string of the molecule is Cc1nnc(CNC(=NCc2ccc(C(=O)N(C)C)cc2)NCCc2cccs2)n1C.I. The molecule has 0 bridgehead atoms. The number of aryl methyl sites for hydroxylation is 1. The highest BCUT2D eigenvalue weighted by Crippen LogP contribution is 2.09. The number of nitrogens with zero attached hydrogens (tertiary/aromatic N) is 5. The molecule has 0 aliphatic heterocycles. The van der Waals surface area contributed by atoms with Crippen molar-refractivity contribution in [1.29, 1.82) is 0 Å². The lowest BCUT2D eigenvalue weighted by Gasteiger charge is -2.13. The fourth-order valence-electron chi connectivity index (χ4n) is 2.88. The predicted octanol–water partition coefficient (Wildman–Crippen LogP) is 2.98. The van der Waals surface area contributed by atoms with Gasteiger partial charge in [-0.15, -0.1) is 45.5 Å². The van der Waals surface area contributed by atoms with Crippen LogP contribution in [0.4, 0.5) is 0 Å². The lowest BCUT2D eigenvalue weighted by molar-refractivity contribution is 0.0827. The van der Waals surface area contributed by atoms with Crippen LogP contribution in [0.15, 0.2) is 46.8 Å². The second kappa shape index (κ2) is 12.5. The number of aromatic nitrogens is 3. The number of rotatable bonds is 8. The maximum absolute atomic E-state index is 12.1. The van der Waals surface area contributed by atoms with Crippen molar-refractivity contribution in [2.75, 3.05) is 20.6 Å². The molecule has 0 aliphatic rings. The third-order valence-corrected chi connectivity index (χ3v) is 5.80. The van der Waals surface area contributed by atoms with E-state index in [0.29, 0.717) is 24.6 Å². The van der Waals surface area contributed by atoms with Crippen molar-refractivity contribution in [2.45, 2.75) is 26.4 Å². The minimum absolute atomic E-state index is 0. The molecule has 0 spiro atoms. The van der Waals surface area contributed by atoms with Crippen LogP contribution in [0.5, 0.6) is 0 Å². The molecule has 0 unspecified atom stereocenters. The Hall–Kier alpha value is -2.47. The largest absolute Gasteiger partial charge is 0.356 e. The van der Waals surface area contributed by atoms with Gasteiger partial charge in [0.25, 0.3) is 5.91 Å². The Morgan fingerprint density at radius 3 is 2.50 bits per heavy atom. The minimum Gasteiger partial charge on any atom is -0.356 e. The van der Waals surface area contributed by atoms with E-state index < -0.39 is 0 Å². The van der Waals surface area contributed by atoms with E-state index in [2.05, 4.69) is 38.3 Å². The Labute approximate surface area is 210 Å². The Kier molecular flexibility index (Phi) is 10.1. The molecule has 0 aliphatic carbocycles. The number of guanidine groups is 1. The molecule has 172 valence electrons. The fourth-order valence-corrected chi connectivity index (χ4v) is 3.59. The zero-order valence-corrected chi connectivity index (χ0v) is 22.0. The lowest BCUT2D eigenvalue weighted by atomic mass is 10.1. The molecule has 1 amide bonds.